The molecule has 4 aromatic rings. The topological polar surface area (TPSA) is 99.4 Å². The highest BCUT2D eigenvalue weighted by molar-refractivity contribution is 7.17. The van der Waals surface area contributed by atoms with E-state index in [4.69, 9.17) is 0 Å². The first-order chi connectivity index (χ1) is 15.8. The van der Waals surface area contributed by atoms with Crippen molar-refractivity contribution in [1.82, 2.24) is 9.13 Å². The molecule has 2 aromatic carbocycles. The molecule has 0 unspecified atom stereocenters. The molecule has 0 radical (unpaired) electrons. The van der Waals surface area contributed by atoms with Gasteiger partial charge in [-0.3, -0.25) is 14.2 Å². The summed E-state index contributed by atoms with van der Waals surface area (Å²) < 4.78 is 7.48. The standard InChI is InChI=1S/C24H21N3O5S/c1-14-5-4-6-18(15(14)2)27-22(29)21-19(11-12-33-21)26(24(27)31)13-20(28)25-17-9-7-16(8-10-17)23(30)32-3/h4-12H,13H2,1-3H3,(H,25,28). The largest absolute Gasteiger partial charge is 0.465 e. The lowest BCUT2D eigenvalue weighted by Gasteiger charge is -2.15. The summed E-state index contributed by atoms with van der Waals surface area (Å²) in [5, 5.41) is 4.44. The van der Waals surface area contributed by atoms with Crippen LogP contribution in [0.4, 0.5) is 5.69 Å². The van der Waals surface area contributed by atoms with Gasteiger partial charge in [-0.05, 0) is 66.8 Å². The van der Waals surface area contributed by atoms with Crippen LogP contribution in [0.25, 0.3) is 15.9 Å². The molecule has 0 fully saturated rings. The Kier molecular flexibility index (Phi) is 5.97. The number of hydrogen-bond donors (Lipinski definition) is 1. The third-order valence-electron chi connectivity index (χ3n) is 5.46. The van der Waals surface area contributed by atoms with Gasteiger partial charge in [-0.2, -0.15) is 0 Å². The smallest absolute Gasteiger partial charge is 0.337 e. The number of thiophene rings is 1. The Morgan fingerprint density at radius 1 is 1.03 bits per heavy atom. The highest BCUT2D eigenvalue weighted by atomic mass is 32.1. The van der Waals surface area contributed by atoms with Gasteiger partial charge in [-0.1, -0.05) is 12.1 Å². The summed E-state index contributed by atoms with van der Waals surface area (Å²) in [6, 6.07) is 13.3. The molecule has 1 N–H and O–H groups in total. The monoisotopic (exact) mass is 463 g/mol. The fraction of sp³-hybridized carbons (Fsp3) is 0.167. The summed E-state index contributed by atoms with van der Waals surface area (Å²) in [6.45, 7) is 3.48. The van der Waals surface area contributed by atoms with Gasteiger partial charge in [0.1, 0.15) is 11.2 Å². The van der Waals surface area contributed by atoms with E-state index >= 15 is 0 Å². The molecule has 2 heterocycles. The minimum absolute atomic E-state index is 0.282. The van der Waals surface area contributed by atoms with Gasteiger partial charge in [0.25, 0.3) is 5.56 Å². The van der Waals surface area contributed by atoms with E-state index in [0.717, 1.165) is 15.7 Å². The number of fused-ring (bicyclic) bond motifs is 1. The molecule has 8 nitrogen and oxygen atoms in total. The molecule has 0 aliphatic carbocycles. The minimum Gasteiger partial charge on any atom is -0.465 e. The maximum atomic E-state index is 13.4. The van der Waals surface area contributed by atoms with Crippen LogP contribution in [-0.4, -0.2) is 28.1 Å². The molecular weight excluding hydrogens is 442 g/mol. The number of nitrogens with zero attached hydrogens (tertiary/aromatic N) is 2. The first kappa shape index (κ1) is 22.2. The molecule has 0 aliphatic heterocycles. The van der Waals surface area contributed by atoms with Crippen molar-refractivity contribution in [2.24, 2.45) is 0 Å². The molecule has 33 heavy (non-hydrogen) atoms. The van der Waals surface area contributed by atoms with Gasteiger partial charge in [0.05, 0.1) is 23.9 Å². The number of hydrogen-bond acceptors (Lipinski definition) is 6. The number of nitrogens with one attached hydrogen (secondary N) is 1. The average Bonchev–Trinajstić information content (AvgIpc) is 3.30. The highest BCUT2D eigenvalue weighted by Crippen LogP contribution is 2.19. The van der Waals surface area contributed by atoms with E-state index in [1.807, 2.05) is 19.9 Å². The molecule has 0 bridgehead atoms. The van der Waals surface area contributed by atoms with E-state index < -0.39 is 23.1 Å². The van der Waals surface area contributed by atoms with E-state index in [-0.39, 0.29) is 6.54 Å². The molecular formula is C24H21N3O5S. The van der Waals surface area contributed by atoms with Crippen LogP contribution in [-0.2, 0) is 16.1 Å². The minimum atomic E-state index is -0.587. The van der Waals surface area contributed by atoms with Crippen LogP contribution in [0.5, 0.6) is 0 Å². The van der Waals surface area contributed by atoms with E-state index in [9.17, 15) is 19.2 Å². The summed E-state index contributed by atoms with van der Waals surface area (Å²) in [4.78, 5) is 50.9. The van der Waals surface area contributed by atoms with Crippen molar-refractivity contribution < 1.29 is 14.3 Å². The second-order valence-corrected chi connectivity index (χ2v) is 8.40. The lowest BCUT2D eigenvalue weighted by molar-refractivity contribution is -0.116. The zero-order valence-corrected chi connectivity index (χ0v) is 19.1. The van der Waals surface area contributed by atoms with Crippen LogP contribution >= 0.6 is 11.3 Å². The van der Waals surface area contributed by atoms with Gasteiger partial charge in [0.2, 0.25) is 5.91 Å². The van der Waals surface area contributed by atoms with Crippen molar-refractivity contribution in [3.63, 3.8) is 0 Å². The Labute approximate surface area is 192 Å². The first-order valence-electron chi connectivity index (χ1n) is 10.1. The highest BCUT2D eigenvalue weighted by Gasteiger charge is 2.19. The average molecular weight is 464 g/mol. The zero-order chi connectivity index (χ0) is 23.7. The van der Waals surface area contributed by atoms with Crippen LogP contribution in [0.3, 0.4) is 0 Å². The molecule has 4 rings (SSSR count). The van der Waals surface area contributed by atoms with Crippen molar-refractivity contribution in [3.05, 3.63) is 91.4 Å². The number of aryl methyl sites for hydroxylation is 1. The molecule has 9 heteroatoms. The number of benzene rings is 2. The van der Waals surface area contributed by atoms with Crippen LogP contribution in [0.15, 0.2) is 63.5 Å². The van der Waals surface area contributed by atoms with E-state index in [2.05, 4.69) is 10.1 Å². The van der Waals surface area contributed by atoms with E-state index in [0.29, 0.717) is 27.2 Å². The number of rotatable bonds is 5. The van der Waals surface area contributed by atoms with Crippen LogP contribution in [0.2, 0.25) is 0 Å². The number of ether oxygens (including phenoxy) is 1. The third kappa shape index (κ3) is 4.10. The molecule has 168 valence electrons. The molecule has 1 amide bonds. The van der Waals surface area contributed by atoms with E-state index in [1.54, 1.807) is 35.7 Å². The van der Waals surface area contributed by atoms with Crippen molar-refractivity contribution in [2.45, 2.75) is 20.4 Å². The number of aromatic nitrogens is 2. The first-order valence-corrected chi connectivity index (χ1v) is 11.0. The summed E-state index contributed by atoms with van der Waals surface area (Å²) in [6.07, 6.45) is 0. The van der Waals surface area contributed by atoms with Gasteiger partial charge in [0.15, 0.2) is 0 Å². The van der Waals surface area contributed by atoms with Crippen LogP contribution in [0.1, 0.15) is 21.5 Å². The maximum absolute atomic E-state index is 13.4. The van der Waals surface area contributed by atoms with Crippen molar-refractivity contribution in [1.29, 1.82) is 0 Å². The summed E-state index contributed by atoms with van der Waals surface area (Å²) in [5.41, 5.74) is 2.49. The summed E-state index contributed by atoms with van der Waals surface area (Å²) >= 11 is 1.22. The Morgan fingerprint density at radius 2 is 1.76 bits per heavy atom. The summed E-state index contributed by atoms with van der Waals surface area (Å²) in [5.74, 6) is -0.922. The number of esters is 1. The van der Waals surface area contributed by atoms with Crippen molar-refractivity contribution >= 4 is 39.1 Å². The van der Waals surface area contributed by atoms with Gasteiger partial charge >= 0.3 is 11.7 Å². The molecule has 0 atom stereocenters. The Bertz CT molecular complexity index is 1500. The van der Waals surface area contributed by atoms with Crippen LogP contribution < -0.4 is 16.6 Å². The second-order valence-electron chi connectivity index (χ2n) is 7.48. The summed E-state index contributed by atoms with van der Waals surface area (Å²) in [7, 11) is 1.29. The Morgan fingerprint density at radius 3 is 2.45 bits per heavy atom. The van der Waals surface area contributed by atoms with Crippen molar-refractivity contribution in [3.8, 4) is 5.69 Å². The van der Waals surface area contributed by atoms with Gasteiger partial charge < -0.3 is 10.1 Å². The molecule has 0 spiro atoms. The zero-order valence-electron chi connectivity index (χ0n) is 18.2. The van der Waals surface area contributed by atoms with Crippen molar-refractivity contribution in [2.75, 3.05) is 12.4 Å². The SMILES string of the molecule is COC(=O)c1ccc(NC(=O)Cn2c(=O)n(-c3cccc(C)c3C)c(=O)c3sccc32)cc1. The molecule has 2 aromatic heterocycles. The number of amides is 1. The quantitative estimate of drug-likeness (QED) is 0.458. The predicted molar refractivity (Wildman–Crippen MR) is 128 cm³/mol. The second kappa shape index (κ2) is 8.87. The number of methoxy groups -OCH3 is 1. The fourth-order valence-electron chi connectivity index (χ4n) is 3.58. The van der Waals surface area contributed by atoms with Gasteiger partial charge in [-0.25, -0.2) is 14.2 Å². The molecule has 0 saturated heterocycles. The lowest BCUT2D eigenvalue weighted by Crippen LogP contribution is -2.40. The van der Waals surface area contributed by atoms with Gasteiger partial charge in [0, 0.05) is 5.69 Å². The molecule has 0 saturated carbocycles. The number of anilines is 1. The lowest BCUT2D eigenvalue weighted by atomic mass is 10.1. The van der Waals surface area contributed by atoms with Crippen LogP contribution in [0, 0.1) is 13.8 Å². The maximum Gasteiger partial charge on any atom is 0.337 e. The fourth-order valence-corrected chi connectivity index (χ4v) is 4.41. The van der Waals surface area contributed by atoms with Gasteiger partial charge in [-0.15, -0.1) is 11.3 Å². The third-order valence-corrected chi connectivity index (χ3v) is 6.35. The Hall–Kier alpha value is -3.98. The number of carbonyl (C=O) groups excluding carboxylic acids is 2. The Balaban J connectivity index is 1.72. The number of carbonyl (C=O) groups is 2. The molecule has 0 aliphatic rings. The normalized spacial score (nSPS) is 10.9. The van der Waals surface area contributed by atoms with E-state index in [1.165, 1.54) is 35.1 Å². The predicted octanol–water partition coefficient (Wildman–Crippen LogP) is 3.26.